The summed E-state index contributed by atoms with van der Waals surface area (Å²) in [6, 6.07) is 8.34. The first-order valence-electron chi connectivity index (χ1n) is 35.9. The number of carbonyl (C=O) groups excluding carboxylic acids is 10. The van der Waals surface area contributed by atoms with Crippen LogP contribution in [0.2, 0.25) is 0 Å². The number of carbonyl (C=O) groups is 10. The lowest BCUT2D eigenvalue weighted by Gasteiger charge is -2.09. The number of nitrogens with zero attached hydrogens (tertiary/aromatic N) is 2. The molecule has 0 bridgehead atoms. The van der Waals surface area contributed by atoms with E-state index in [1.54, 1.807) is 126 Å². The van der Waals surface area contributed by atoms with Crippen LogP contribution in [-0.2, 0) is 121 Å². The normalized spacial score (nSPS) is 10.8. The van der Waals surface area contributed by atoms with Crippen molar-refractivity contribution in [1.29, 1.82) is 0 Å². The van der Waals surface area contributed by atoms with Gasteiger partial charge in [0.15, 0.2) is 59.0 Å². The number of benzene rings is 1. The Morgan fingerprint density at radius 3 is 0.991 bits per heavy atom. The van der Waals surface area contributed by atoms with Crippen molar-refractivity contribution in [2.24, 2.45) is 0 Å². The highest BCUT2D eigenvalue weighted by atomic mass is 32.2. The molecule has 0 aromatic heterocycles. The average Bonchev–Trinajstić information content (AvgIpc) is 0.905. The van der Waals surface area contributed by atoms with Crippen LogP contribution in [0.3, 0.4) is 0 Å². The first-order valence-corrected chi connectivity index (χ1v) is 50.3. The van der Waals surface area contributed by atoms with Gasteiger partial charge in [-0.05, 0) is 53.2 Å². The van der Waals surface area contributed by atoms with Crippen molar-refractivity contribution in [3.63, 3.8) is 0 Å². The van der Waals surface area contributed by atoms with Crippen molar-refractivity contribution in [2.45, 2.75) is 126 Å². The number of amides is 2. The van der Waals surface area contributed by atoms with Crippen molar-refractivity contribution in [1.82, 2.24) is 9.80 Å². The van der Waals surface area contributed by atoms with Crippen molar-refractivity contribution in [3.8, 4) is 0 Å². The van der Waals surface area contributed by atoms with E-state index in [1.165, 1.54) is 25.7 Å². The Bertz CT molecular complexity index is 3490. The van der Waals surface area contributed by atoms with Crippen LogP contribution < -0.4 is 0 Å². The lowest BCUT2D eigenvalue weighted by Crippen LogP contribution is -2.25. The number of allylic oxidation sites excluding steroid dienone is 1. The molecular weight excluding hydrogens is 1690 g/mol. The fourth-order valence-electron chi connectivity index (χ4n) is 6.35. The van der Waals surface area contributed by atoms with Crippen molar-refractivity contribution < 1.29 is 153 Å². The molecule has 7 N–H and O–H groups in total. The quantitative estimate of drug-likeness (QED) is 0.0210. The molecule has 1 aromatic carbocycles. The third kappa shape index (κ3) is 101. The van der Waals surface area contributed by atoms with E-state index >= 15 is 0 Å². The van der Waals surface area contributed by atoms with Crippen LogP contribution in [0.25, 0.3) is 0 Å². The van der Waals surface area contributed by atoms with Crippen LogP contribution in [0.4, 0.5) is 0 Å². The number of Topliss-reactive ketones (excluding diaryl/α,β-unsaturated/α-hetero) is 4. The number of ether oxygens (including phenoxy) is 4. The molecule has 2 amide bonds. The molecule has 114 heavy (non-hydrogen) atoms. The second-order valence-electron chi connectivity index (χ2n) is 23.7. The van der Waals surface area contributed by atoms with Gasteiger partial charge in [-0.25, -0.2) is 55.3 Å². The maximum atomic E-state index is 11.5. The molecule has 0 aliphatic heterocycles. The Hall–Kier alpha value is -5.07. The summed E-state index contributed by atoms with van der Waals surface area (Å²) in [5, 5.41) is 58.7. The number of hydrogen-bond acceptors (Lipinski definition) is 36. The van der Waals surface area contributed by atoms with Crippen molar-refractivity contribution in [3.05, 3.63) is 48.0 Å². The number of aliphatic hydroxyl groups is 7. The Labute approximate surface area is 689 Å². The lowest BCUT2D eigenvalue weighted by atomic mass is 10.2. The van der Waals surface area contributed by atoms with E-state index in [2.05, 4.69) is 16.1 Å². The number of sulfone groups is 6. The first kappa shape index (κ1) is 125. The minimum atomic E-state index is -3.35. The zero-order chi connectivity index (χ0) is 89.9. The van der Waals surface area contributed by atoms with E-state index in [-0.39, 0.29) is 189 Å². The van der Waals surface area contributed by atoms with Crippen LogP contribution in [0.5, 0.6) is 0 Å². The molecule has 1 aromatic rings. The predicted octanol–water partition coefficient (Wildman–Crippen LogP) is 1.46. The lowest BCUT2D eigenvalue weighted by molar-refractivity contribution is -0.143. The van der Waals surface area contributed by atoms with Crippen LogP contribution in [0.1, 0.15) is 136 Å². The Balaban J connectivity index is -0.000000186. The minimum absolute atomic E-state index is 0.00500. The van der Waals surface area contributed by atoms with E-state index < -0.39 is 90.1 Å². The zero-order valence-electron chi connectivity index (χ0n) is 68.2. The smallest absolute Gasteiger partial charge is 0.338 e. The molecule has 35 nitrogen and oxygen atoms in total. The molecule has 1 rings (SSSR count). The summed E-state index contributed by atoms with van der Waals surface area (Å²) in [5.41, 5.74) is 1.23. The Kier molecular flexibility index (Phi) is 86.4. The minimum Gasteiger partial charge on any atom is -0.466 e. The largest absolute Gasteiger partial charge is 0.466 e. The number of rotatable bonds is 52. The molecule has 0 aliphatic carbocycles. The maximum Gasteiger partial charge on any atom is 0.338 e. The van der Waals surface area contributed by atoms with E-state index in [4.69, 9.17) is 45.2 Å². The molecule has 0 saturated heterocycles. The van der Waals surface area contributed by atoms with Gasteiger partial charge in [-0.2, -0.15) is 35.3 Å². The summed E-state index contributed by atoms with van der Waals surface area (Å²) in [4.78, 5) is 111. The van der Waals surface area contributed by atoms with Gasteiger partial charge < -0.3 is 64.5 Å². The number of hydrogen-bond donors (Lipinski definition) is 7. The van der Waals surface area contributed by atoms with Crippen LogP contribution in [0, 0.1) is 0 Å². The summed E-state index contributed by atoms with van der Waals surface area (Å²) < 4.78 is 152. The van der Waals surface area contributed by atoms with Gasteiger partial charge in [-0.3, -0.25) is 43.2 Å². The van der Waals surface area contributed by atoms with Gasteiger partial charge >= 0.3 is 23.9 Å². The van der Waals surface area contributed by atoms with E-state index in [1.807, 2.05) is 6.92 Å². The molecular formula is C70H130N2O33S9. The third-order valence-corrected chi connectivity index (χ3v) is 25.4. The van der Waals surface area contributed by atoms with Gasteiger partial charge in [0.05, 0.1) is 147 Å². The molecule has 0 aliphatic rings. The third-order valence-electron chi connectivity index (χ3n) is 12.8. The molecule has 44 heteroatoms. The van der Waals surface area contributed by atoms with Crippen LogP contribution in [-0.4, -0.2) is 359 Å². The highest BCUT2D eigenvalue weighted by Crippen LogP contribution is 2.07. The molecule has 0 unspecified atom stereocenters. The standard InChI is InChI=1S/C13H16O5S.C8H14O5S.C7H15NO4S.C7H15NO2S.C7H14O5S.C7H14O4S.2C7H14O3S.C7H14O2S/c1-11(14)7-9-19(16,17)10-8-18-13(15)12-5-3-2-4-6-12;1-7(9)3-5-14(11,12)6-4-13-8(2)10;1-8(2)7(10)3-5-13(11,12)6-4-9;1-8(2)7(10)3-5-11-6-4-9;1-2-12-7(9)3-5-13(10,11)6-4-8;1-2-7(9)3-5-12(10,11)6-4-8;1-7(2)3-5-11(9,10)6-4-8;1-2-10-7(9)3-5-11-6-4-8;1-2-7(9)3-5-10-6-4-8/h2-6H,7-10H2,1H3;3-6H2,1-2H3;9H,3-6H2,1-2H3;9H,3-6H2,1-2H3;8H,2-6H2,1H3;8H,2-6H2,1H3;8H,1,3-6H2,2H3;8H,2-6H2,1H3;8H,2-6H2,1H3. The molecule has 0 saturated carbocycles. The van der Waals surface area contributed by atoms with Gasteiger partial charge in [0, 0.05) is 121 Å². The summed E-state index contributed by atoms with van der Waals surface area (Å²) in [7, 11) is -12.8. The van der Waals surface area contributed by atoms with Gasteiger partial charge in [0.2, 0.25) is 11.8 Å². The number of aliphatic hydroxyl groups excluding tert-OH is 7. The van der Waals surface area contributed by atoms with E-state index in [9.17, 15) is 98.5 Å². The first-order chi connectivity index (χ1) is 52.9. The molecule has 672 valence electrons. The molecule has 0 spiro atoms. The molecule has 0 fully saturated rings. The second-order valence-corrected chi connectivity index (χ2v) is 41.2. The second kappa shape index (κ2) is 79.1. The predicted molar refractivity (Wildman–Crippen MR) is 446 cm³/mol. The van der Waals surface area contributed by atoms with Crippen LogP contribution in [0.15, 0.2) is 42.5 Å². The summed E-state index contributed by atoms with van der Waals surface area (Å²) in [6.45, 7) is 15.7. The zero-order valence-corrected chi connectivity index (χ0v) is 75.5. The van der Waals surface area contributed by atoms with Crippen LogP contribution >= 0.6 is 35.3 Å². The highest BCUT2D eigenvalue weighted by Gasteiger charge is 2.18. The summed E-state index contributed by atoms with van der Waals surface area (Å²) in [5.74, 6) is 0.347. The summed E-state index contributed by atoms with van der Waals surface area (Å²) in [6.07, 6.45) is 3.08. The Morgan fingerprint density at radius 2 is 0.658 bits per heavy atom. The van der Waals surface area contributed by atoms with Gasteiger partial charge in [0.25, 0.3) is 0 Å². The number of thioether (sulfide) groups is 3. The van der Waals surface area contributed by atoms with Gasteiger partial charge in [0.1, 0.15) is 36.3 Å². The molecule has 0 atom stereocenters. The topological polar surface area (TPSA) is 561 Å². The fourth-order valence-corrected chi connectivity index (χ4v) is 14.7. The van der Waals surface area contributed by atoms with Gasteiger partial charge in [-0.1, -0.05) is 37.6 Å². The van der Waals surface area contributed by atoms with E-state index in [0.29, 0.717) is 62.2 Å². The SMILES string of the molecule is C=C(C)CCS(=O)(=O)CCO.CC(=O)CCS(=O)(=O)CCOC(=O)c1ccccc1.CC(=O)CCS(=O)(=O)CCOC(C)=O.CCC(=O)CCS(=O)(=O)CCO.CCC(=O)CCSCCO.CCOC(=O)CCS(=O)(=O)CCO.CCOC(=O)CCSCCO.CN(C)C(=O)CCS(=O)(=O)CCO.CN(C)C(=O)CCSCCO. The van der Waals surface area contributed by atoms with Crippen molar-refractivity contribution >= 4 is 153 Å². The Morgan fingerprint density at radius 1 is 0.351 bits per heavy atom. The number of esters is 4. The van der Waals surface area contributed by atoms with Gasteiger partial charge in [-0.15, -0.1) is 6.58 Å². The number of ketones is 4. The summed E-state index contributed by atoms with van der Waals surface area (Å²) >= 11 is 4.78. The monoisotopic (exact) mass is 1810 g/mol. The van der Waals surface area contributed by atoms with Crippen molar-refractivity contribution in [2.75, 3.05) is 204 Å². The highest BCUT2D eigenvalue weighted by molar-refractivity contribution is 7.99. The average molecular weight is 1820 g/mol. The molecule has 0 radical (unpaired) electrons. The van der Waals surface area contributed by atoms with E-state index in [0.717, 1.165) is 34.3 Å². The maximum absolute atomic E-state index is 11.5. The molecule has 0 heterocycles. The fraction of sp³-hybridized carbons (Fsp3) is 0.743.